The number of hydrogen-bond acceptors (Lipinski definition) is 2. The molecule has 0 aliphatic heterocycles. The lowest BCUT2D eigenvalue weighted by molar-refractivity contribution is -0.332. The lowest BCUT2D eigenvalue weighted by atomic mass is 10.1. The van der Waals surface area contributed by atoms with E-state index in [1.165, 1.54) is 13.8 Å². The Morgan fingerprint density at radius 2 is 1.38 bits per heavy atom. The first kappa shape index (κ1) is 15.5. The molecule has 0 aromatic heterocycles. The molecule has 0 aromatic carbocycles. The molecule has 0 aliphatic carbocycles. The number of rotatable bonds is 4. The summed E-state index contributed by atoms with van der Waals surface area (Å²) in [5.41, 5.74) is 5.05. The van der Waals surface area contributed by atoms with Gasteiger partial charge in [0.05, 0.1) is 6.10 Å². The third kappa shape index (κ3) is 4.56. The molecule has 0 saturated heterocycles. The van der Waals surface area contributed by atoms with Crippen LogP contribution in [0.3, 0.4) is 0 Å². The fourth-order valence-corrected chi connectivity index (χ4v) is 1.000. The van der Waals surface area contributed by atoms with Crippen LogP contribution < -0.4 is 5.73 Å². The van der Waals surface area contributed by atoms with E-state index in [2.05, 4.69) is 4.74 Å². The van der Waals surface area contributed by atoms with Crippen molar-refractivity contribution in [1.82, 2.24) is 0 Å². The Bertz CT molecular complexity index is 198. The molecule has 0 aromatic rings. The quantitative estimate of drug-likeness (QED) is 0.781. The maximum absolute atomic E-state index is 12.1. The molecule has 2 nitrogen and oxygen atoms in total. The van der Waals surface area contributed by atoms with Gasteiger partial charge in [-0.1, -0.05) is 13.8 Å². The Labute approximate surface area is 88.7 Å². The van der Waals surface area contributed by atoms with Gasteiger partial charge in [0.15, 0.2) is 0 Å². The molecule has 0 amide bonds. The smallest absolute Gasteiger partial charge is 0.356 e. The van der Waals surface area contributed by atoms with E-state index in [1.807, 2.05) is 0 Å². The van der Waals surface area contributed by atoms with Gasteiger partial charge in [-0.15, -0.1) is 0 Å². The molecule has 0 fully saturated rings. The minimum Gasteiger partial charge on any atom is -0.356 e. The van der Waals surface area contributed by atoms with Crippen LogP contribution in [0, 0.1) is 5.92 Å². The second-order valence-electron chi connectivity index (χ2n) is 3.62. The minimum atomic E-state index is -5.49. The summed E-state index contributed by atoms with van der Waals surface area (Å²) in [5, 5.41) is 0. The SMILES string of the molecule is CC(C)C(CN)OC(C(F)(F)F)C(F)(F)F. The van der Waals surface area contributed by atoms with Gasteiger partial charge in [-0.3, -0.25) is 0 Å². The highest BCUT2D eigenvalue weighted by Gasteiger charge is 2.58. The average Bonchev–Trinajstić information content (AvgIpc) is 1.99. The summed E-state index contributed by atoms with van der Waals surface area (Å²) in [6, 6.07) is 0. The monoisotopic (exact) mass is 253 g/mol. The van der Waals surface area contributed by atoms with Crippen molar-refractivity contribution in [2.24, 2.45) is 11.7 Å². The summed E-state index contributed by atoms with van der Waals surface area (Å²) in [4.78, 5) is 0. The second kappa shape index (κ2) is 5.22. The van der Waals surface area contributed by atoms with E-state index in [-0.39, 0.29) is 0 Å². The Kier molecular flexibility index (Phi) is 5.06. The van der Waals surface area contributed by atoms with Crippen molar-refractivity contribution in [2.75, 3.05) is 6.54 Å². The van der Waals surface area contributed by atoms with Crippen LogP contribution in [0.2, 0.25) is 0 Å². The molecule has 0 saturated carbocycles. The maximum atomic E-state index is 12.1. The molecule has 2 N–H and O–H groups in total. The first-order chi connectivity index (χ1) is 7.00. The number of hydrogen-bond donors (Lipinski definition) is 1. The van der Waals surface area contributed by atoms with Gasteiger partial charge in [-0.25, -0.2) is 0 Å². The zero-order chi connectivity index (χ0) is 13.1. The first-order valence-electron chi connectivity index (χ1n) is 4.49. The lowest BCUT2D eigenvalue weighted by Gasteiger charge is -2.29. The van der Waals surface area contributed by atoms with Crippen LogP contribution in [-0.4, -0.2) is 31.1 Å². The molecule has 0 radical (unpaired) electrons. The van der Waals surface area contributed by atoms with Crippen LogP contribution in [0.25, 0.3) is 0 Å². The predicted octanol–water partition coefficient (Wildman–Crippen LogP) is 2.48. The van der Waals surface area contributed by atoms with E-state index in [1.54, 1.807) is 0 Å². The number of ether oxygens (including phenoxy) is 1. The third-order valence-electron chi connectivity index (χ3n) is 1.88. The van der Waals surface area contributed by atoms with Crippen molar-refractivity contribution >= 4 is 0 Å². The van der Waals surface area contributed by atoms with Gasteiger partial charge in [0.1, 0.15) is 0 Å². The second-order valence-corrected chi connectivity index (χ2v) is 3.62. The van der Waals surface area contributed by atoms with E-state index in [9.17, 15) is 26.3 Å². The van der Waals surface area contributed by atoms with Crippen LogP contribution in [0.1, 0.15) is 13.8 Å². The molecule has 98 valence electrons. The fraction of sp³-hybridized carbons (Fsp3) is 1.00. The standard InChI is InChI=1S/C8H13F6NO/c1-4(2)5(3-15)16-6(7(9,10)11)8(12,13)14/h4-6H,3,15H2,1-2H3. The van der Waals surface area contributed by atoms with Crippen LogP contribution in [0.5, 0.6) is 0 Å². The van der Waals surface area contributed by atoms with Crippen molar-refractivity contribution in [3.05, 3.63) is 0 Å². The highest BCUT2D eigenvalue weighted by molar-refractivity contribution is 4.79. The van der Waals surface area contributed by atoms with Gasteiger partial charge in [0.2, 0.25) is 6.10 Å². The van der Waals surface area contributed by atoms with Gasteiger partial charge in [-0.2, -0.15) is 26.3 Å². The summed E-state index contributed by atoms with van der Waals surface area (Å²) in [6.45, 7) is 2.46. The normalized spacial score (nSPS) is 15.9. The molecule has 0 spiro atoms. The van der Waals surface area contributed by atoms with Crippen LogP contribution in [-0.2, 0) is 4.74 Å². The number of alkyl halides is 6. The van der Waals surface area contributed by atoms with E-state index in [4.69, 9.17) is 5.73 Å². The van der Waals surface area contributed by atoms with Crippen molar-refractivity contribution in [3.8, 4) is 0 Å². The zero-order valence-electron chi connectivity index (χ0n) is 8.69. The van der Waals surface area contributed by atoms with Crippen LogP contribution >= 0.6 is 0 Å². The molecule has 16 heavy (non-hydrogen) atoms. The summed E-state index contributed by atoms with van der Waals surface area (Å²) in [5.74, 6) is -0.530. The summed E-state index contributed by atoms with van der Waals surface area (Å²) >= 11 is 0. The molecule has 0 aliphatic rings. The Morgan fingerprint density at radius 1 is 1.00 bits per heavy atom. The van der Waals surface area contributed by atoms with E-state index in [0.29, 0.717) is 0 Å². The highest BCUT2D eigenvalue weighted by Crippen LogP contribution is 2.36. The van der Waals surface area contributed by atoms with Gasteiger partial charge in [0, 0.05) is 6.54 Å². The van der Waals surface area contributed by atoms with Crippen molar-refractivity contribution in [1.29, 1.82) is 0 Å². The molecule has 1 unspecified atom stereocenters. The Morgan fingerprint density at radius 3 is 1.56 bits per heavy atom. The van der Waals surface area contributed by atoms with Gasteiger partial charge >= 0.3 is 12.4 Å². The summed E-state index contributed by atoms with van der Waals surface area (Å²) in [6.07, 6.45) is -16.0. The molecular formula is C8H13F6NO. The fourth-order valence-electron chi connectivity index (χ4n) is 1.000. The summed E-state index contributed by atoms with van der Waals surface area (Å²) in [7, 11) is 0. The molecule has 0 heterocycles. The van der Waals surface area contributed by atoms with Gasteiger partial charge in [-0.05, 0) is 5.92 Å². The molecule has 0 bridgehead atoms. The molecule has 1 atom stereocenters. The third-order valence-corrected chi connectivity index (χ3v) is 1.88. The first-order valence-corrected chi connectivity index (χ1v) is 4.49. The largest absolute Gasteiger partial charge is 0.423 e. The molecule has 0 rings (SSSR count). The van der Waals surface area contributed by atoms with Gasteiger partial charge in [0.25, 0.3) is 0 Å². The minimum absolute atomic E-state index is 0.402. The van der Waals surface area contributed by atoms with E-state index < -0.39 is 37.0 Å². The molecular weight excluding hydrogens is 240 g/mol. The summed E-state index contributed by atoms with van der Waals surface area (Å²) < 4.78 is 76.6. The Hall–Kier alpha value is -0.500. The van der Waals surface area contributed by atoms with Crippen molar-refractivity contribution in [3.63, 3.8) is 0 Å². The lowest BCUT2D eigenvalue weighted by Crippen LogP contribution is -2.48. The van der Waals surface area contributed by atoms with Crippen molar-refractivity contribution in [2.45, 2.75) is 38.4 Å². The van der Waals surface area contributed by atoms with E-state index in [0.717, 1.165) is 0 Å². The van der Waals surface area contributed by atoms with Crippen LogP contribution in [0.15, 0.2) is 0 Å². The maximum Gasteiger partial charge on any atom is 0.423 e. The highest BCUT2D eigenvalue weighted by atomic mass is 19.4. The number of nitrogens with two attached hydrogens (primary N) is 1. The van der Waals surface area contributed by atoms with Crippen molar-refractivity contribution < 1.29 is 31.1 Å². The zero-order valence-corrected chi connectivity index (χ0v) is 8.69. The number of halogens is 6. The average molecular weight is 253 g/mol. The Balaban J connectivity index is 4.82. The van der Waals surface area contributed by atoms with Gasteiger partial charge < -0.3 is 10.5 Å². The van der Waals surface area contributed by atoms with E-state index >= 15 is 0 Å². The molecule has 8 heteroatoms. The topological polar surface area (TPSA) is 35.2 Å². The predicted molar refractivity (Wildman–Crippen MR) is 44.7 cm³/mol. The van der Waals surface area contributed by atoms with Crippen LogP contribution in [0.4, 0.5) is 26.3 Å².